The zero-order chi connectivity index (χ0) is 13.4. The Kier molecular flexibility index (Phi) is 10.7. The summed E-state index contributed by atoms with van der Waals surface area (Å²) in [5, 5.41) is 18.6. The first kappa shape index (κ1) is 20.1. The average molecular weight is 326 g/mol. The maximum atomic E-state index is 10.3. The molecule has 0 aromatic heterocycles. The number of carbonyl (C=O) groups is 1. The van der Waals surface area contributed by atoms with Gasteiger partial charge in [-0.2, -0.15) is 36.4 Å². The Labute approximate surface area is 126 Å². The van der Waals surface area contributed by atoms with Crippen molar-refractivity contribution in [1.29, 1.82) is 0 Å². The van der Waals surface area contributed by atoms with Crippen molar-refractivity contribution in [2.75, 3.05) is 0 Å². The minimum atomic E-state index is -1.09. The van der Waals surface area contributed by atoms with Gasteiger partial charge < -0.3 is 10.6 Å². The molecule has 110 valence electrons. The van der Waals surface area contributed by atoms with E-state index >= 15 is 0 Å². The number of benzene rings is 2. The van der Waals surface area contributed by atoms with Crippen LogP contribution in [0.2, 0.25) is 0 Å². The van der Waals surface area contributed by atoms with Crippen LogP contribution in [0.15, 0.2) is 54.6 Å². The second kappa shape index (κ2) is 10.7. The molecule has 0 aliphatic carbocycles. The maximum absolute atomic E-state index is 10.3. The van der Waals surface area contributed by atoms with Gasteiger partial charge in [0.1, 0.15) is 0 Å². The Morgan fingerprint density at radius 1 is 1.10 bits per heavy atom. The molecule has 3 N–H and O–H groups in total. The number of nitro benzene ring substituents is 1. The molecule has 0 unspecified atom stereocenters. The maximum Gasteiger partial charge on any atom is 1.00 e. The van der Waals surface area contributed by atoms with Crippen LogP contribution >= 0.6 is 0 Å². The van der Waals surface area contributed by atoms with Gasteiger partial charge in [-0.15, -0.1) is 0 Å². The third kappa shape index (κ3) is 7.27. The number of hydrogen-bond donors (Lipinski definition) is 1. The normalized spacial score (nSPS) is 8.00. The van der Waals surface area contributed by atoms with Gasteiger partial charge in [-0.25, -0.2) is 4.79 Å². The standard InChI is InChI=1S/C7H5NO4.C6H5.Cu.H2O/c9-7(10)5-1-3-6(4-2-5)8(11)12;1-2-4-6-5-3-1;;/h1-4H,(H,9,10);1-5H;;1H2/q;-1;+1;. The van der Waals surface area contributed by atoms with E-state index in [1.807, 2.05) is 30.3 Å². The molecule has 6 nitrogen and oxygen atoms in total. The zero-order valence-corrected chi connectivity index (χ0v) is 11.1. The van der Waals surface area contributed by atoms with E-state index in [4.69, 9.17) is 5.11 Å². The monoisotopic (exact) mass is 325 g/mol. The molecule has 0 aliphatic heterocycles. The molecule has 20 heavy (non-hydrogen) atoms. The fourth-order valence-electron chi connectivity index (χ4n) is 1.07. The molecule has 2 aromatic carbocycles. The van der Waals surface area contributed by atoms with Crippen LogP contribution in [0.5, 0.6) is 0 Å². The van der Waals surface area contributed by atoms with Crippen molar-refractivity contribution >= 4 is 11.7 Å². The van der Waals surface area contributed by atoms with E-state index < -0.39 is 10.9 Å². The van der Waals surface area contributed by atoms with Crippen LogP contribution in [0, 0.1) is 16.2 Å². The second-order valence-electron chi connectivity index (χ2n) is 3.19. The van der Waals surface area contributed by atoms with Crippen molar-refractivity contribution < 1.29 is 37.4 Å². The topological polar surface area (TPSA) is 112 Å². The van der Waals surface area contributed by atoms with Crippen LogP contribution in [0.1, 0.15) is 10.4 Å². The predicted octanol–water partition coefficient (Wildman–Crippen LogP) is 1.95. The van der Waals surface area contributed by atoms with Crippen molar-refractivity contribution in [3.05, 3.63) is 76.3 Å². The fourth-order valence-corrected chi connectivity index (χ4v) is 1.07. The first-order chi connectivity index (χ1) is 8.61. The molecule has 0 saturated carbocycles. The summed E-state index contributed by atoms with van der Waals surface area (Å²) in [7, 11) is 0. The fraction of sp³-hybridized carbons (Fsp3) is 0. The Morgan fingerprint density at radius 3 is 1.85 bits per heavy atom. The molecule has 0 amide bonds. The molecule has 0 aliphatic rings. The summed E-state index contributed by atoms with van der Waals surface area (Å²) in [6, 6.07) is 17.2. The molecular weight excluding hydrogens is 314 g/mol. The SMILES string of the molecule is O.O=C(O)c1ccc([N+](=O)[O-])cc1.[Cu+].[c-]1ccccc1. The van der Waals surface area contributed by atoms with E-state index in [1.54, 1.807) is 0 Å². The molecule has 0 bridgehead atoms. The van der Waals surface area contributed by atoms with Crippen LogP contribution in [-0.2, 0) is 17.1 Å². The second-order valence-corrected chi connectivity index (χ2v) is 3.19. The van der Waals surface area contributed by atoms with Gasteiger partial charge in [-0.1, -0.05) is 0 Å². The number of rotatable bonds is 2. The molecule has 7 heteroatoms. The summed E-state index contributed by atoms with van der Waals surface area (Å²) in [6.45, 7) is 0. The summed E-state index contributed by atoms with van der Waals surface area (Å²) in [6.07, 6.45) is 0. The van der Waals surface area contributed by atoms with Crippen molar-refractivity contribution in [2.24, 2.45) is 0 Å². The summed E-state index contributed by atoms with van der Waals surface area (Å²) >= 11 is 0. The molecule has 2 aromatic rings. The van der Waals surface area contributed by atoms with Gasteiger partial charge in [0.15, 0.2) is 0 Å². The molecule has 0 spiro atoms. The van der Waals surface area contributed by atoms with Gasteiger partial charge in [0.05, 0.1) is 10.5 Å². The van der Waals surface area contributed by atoms with E-state index in [9.17, 15) is 14.9 Å². The summed E-state index contributed by atoms with van der Waals surface area (Å²) < 4.78 is 0. The third-order valence-electron chi connectivity index (χ3n) is 1.93. The molecule has 0 fully saturated rings. The average Bonchev–Trinajstić information content (AvgIpc) is 2.41. The first-order valence-corrected chi connectivity index (χ1v) is 5.00. The van der Waals surface area contributed by atoms with Gasteiger partial charge in [0, 0.05) is 12.1 Å². The van der Waals surface area contributed by atoms with Gasteiger partial charge in [-0.3, -0.25) is 10.1 Å². The Hall–Kier alpha value is -2.21. The summed E-state index contributed by atoms with van der Waals surface area (Å²) in [5.74, 6) is -1.09. The Bertz CT molecular complexity index is 456. The van der Waals surface area contributed by atoms with Crippen molar-refractivity contribution in [1.82, 2.24) is 0 Å². The molecule has 0 radical (unpaired) electrons. The molecule has 0 atom stereocenters. The van der Waals surface area contributed by atoms with Crippen LogP contribution < -0.4 is 0 Å². The Morgan fingerprint density at radius 2 is 1.60 bits per heavy atom. The minimum Gasteiger partial charge on any atom is -0.478 e. The number of non-ortho nitro benzene ring substituents is 1. The van der Waals surface area contributed by atoms with Gasteiger partial charge in [0.25, 0.3) is 5.69 Å². The van der Waals surface area contributed by atoms with E-state index in [-0.39, 0.29) is 33.8 Å². The van der Waals surface area contributed by atoms with Gasteiger partial charge >= 0.3 is 23.0 Å². The Balaban J connectivity index is 0. The minimum absolute atomic E-state index is 0. The summed E-state index contributed by atoms with van der Waals surface area (Å²) in [4.78, 5) is 19.9. The zero-order valence-electron chi connectivity index (χ0n) is 10.1. The van der Waals surface area contributed by atoms with Crippen LogP contribution in [0.4, 0.5) is 5.69 Å². The smallest absolute Gasteiger partial charge is 0.478 e. The van der Waals surface area contributed by atoms with Gasteiger partial charge in [-0.05, 0) is 12.1 Å². The van der Waals surface area contributed by atoms with E-state index in [2.05, 4.69) is 6.07 Å². The number of carboxylic acids is 1. The van der Waals surface area contributed by atoms with Crippen LogP contribution in [0.25, 0.3) is 0 Å². The molecular formula is C13H12CuNO5. The number of aromatic carboxylic acids is 1. The molecule has 0 heterocycles. The number of hydrogen-bond acceptors (Lipinski definition) is 3. The largest absolute Gasteiger partial charge is 1.00 e. The third-order valence-corrected chi connectivity index (χ3v) is 1.93. The van der Waals surface area contributed by atoms with E-state index in [0.717, 1.165) is 12.1 Å². The number of nitrogens with zero attached hydrogens (tertiary/aromatic N) is 1. The predicted molar refractivity (Wildman–Crippen MR) is 68.9 cm³/mol. The molecule has 2 rings (SSSR count). The molecule has 0 saturated heterocycles. The van der Waals surface area contributed by atoms with Crippen LogP contribution in [0.3, 0.4) is 0 Å². The first-order valence-electron chi connectivity index (χ1n) is 5.00. The number of carboxylic acid groups (broad SMARTS) is 1. The number of nitro groups is 1. The van der Waals surface area contributed by atoms with Gasteiger partial charge in [0.2, 0.25) is 0 Å². The van der Waals surface area contributed by atoms with Crippen molar-refractivity contribution in [2.45, 2.75) is 0 Å². The van der Waals surface area contributed by atoms with Crippen LogP contribution in [-0.4, -0.2) is 21.5 Å². The van der Waals surface area contributed by atoms with Crippen molar-refractivity contribution in [3.8, 4) is 0 Å². The van der Waals surface area contributed by atoms with Crippen molar-refractivity contribution in [3.63, 3.8) is 0 Å². The summed E-state index contributed by atoms with van der Waals surface area (Å²) in [5.41, 5.74) is -0.0689. The quantitative estimate of drug-likeness (QED) is 0.393. The van der Waals surface area contributed by atoms with E-state index in [0.29, 0.717) is 0 Å². The van der Waals surface area contributed by atoms with E-state index in [1.165, 1.54) is 12.1 Å².